The van der Waals surface area contributed by atoms with E-state index in [1.807, 2.05) is 18.2 Å². The van der Waals surface area contributed by atoms with Gasteiger partial charge in [-0.05, 0) is 11.6 Å². The Labute approximate surface area is 106 Å². The van der Waals surface area contributed by atoms with Crippen LogP contribution in [0.5, 0.6) is 0 Å². The lowest BCUT2D eigenvalue weighted by atomic mass is 10.2. The zero-order chi connectivity index (χ0) is 12.3. The fourth-order valence-electron chi connectivity index (χ4n) is 1.38. The zero-order valence-electron chi connectivity index (χ0n) is 9.22. The first kappa shape index (κ1) is 12.3. The summed E-state index contributed by atoms with van der Waals surface area (Å²) >= 11 is 5.99. The Balaban J connectivity index is 2.01. The van der Waals surface area contributed by atoms with Crippen molar-refractivity contribution in [2.24, 2.45) is 0 Å². The fraction of sp³-hybridized carbons (Fsp3) is 0.273. The van der Waals surface area contributed by atoms with E-state index < -0.39 is 10.8 Å². The zero-order valence-corrected chi connectivity index (χ0v) is 10.8. The molecular weight excluding hydrogens is 260 g/mol. The van der Waals surface area contributed by atoms with Gasteiger partial charge in [-0.25, -0.2) is 0 Å². The molecule has 0 saturated heterocycles. The van der Waals surface area contributed by atoms with E-state index in [4.69, 9.17) is 16.1 Å². The van der Waals surface area contributed by atoms with Crippen LogP contribution in [-0.2, 0) is 22.3 Å². The van der Waals surface area contributed by atoms with Gasteiger partial charge in [0.15, 0.2) is 5.82 Å². The summed E-state index contributed by atoms with van der Waals surface area (Å²) < 4.78 is 16.7. The van der Waals surface area contributed by atoms with Gasteiger partial charge in [-0.2, -0.15) is 4.98 Å². The summed E-state index contributed by atoms with van der Waals surface area (Å²) in [7, 11) is -1.09. The van der Waals surface area contributed by atoms with Gasteiger partial charge in [-0.15, -0.1) is 0 Å². The van der Waals surface area contributed by atoms with Gasteiger partial charge in [-0.3, -0.25) is 4.21 Å². The average molecular weight is 271 g/mol. The molecule has 4 nitrogen and oxygen atoms in total. The second-order valence-corrected chi connectivity index (χ2v) is 5.41. The maximum absolute atomic E-state index is 11.9. The standard InChI is InChI=1S/C11H11ClN2O2S/c1-8-13-11(14-16-8)7-17(15)6-9-4-2-3-5-10(9)12/h2-5H,6-7H2,1H3/t17-/m1/s1. The quantitative estimate of drug-likeness (QED) is 0.856. The summed E-state index contributed by atoms with van der Waals surface area (Å²) in [6.07, 6.45) is 0. The highest BCUT2D eigenvalue weighted by atomic mass is 35.5. The smallest absolute Gasteiger partial charge is 0.223 e. The number of hydrogen-bond donors (Lipinski definition) is 0. The molecule has 0 aliphatic heterocycles. The molecule has 0 unspecified atom stereocenters. The third-order valence-corrected chi connectivity index (χ3v) is 3.72. The number of aromatic nitrogens is 2. The maximum atomic E-state index is 11.9. The van der Waals surface area contributed by atoms with Crippen LogP contribution in [0.2, 0.25) is 5.02 Å². The summed E-state index contributed by atoms with van der Waals surface area (Å²) in [4.78, 5) is 4.01. The van der Waals surface area contributed by atoms with Crippen molar-refractivity contribution < 1.29 is 8.73 Å². The Kier molecular flexibility index (Phi) is 3.91. The molecular formula is C11H11ClN2O2S. The molecule has 1 atom stereocenters. The summed E-state index contributed by atoms with van der Waals surface area (Å²) in [6.45, 7) is 1.70. The molecule has 0 bridgehead atoms. The molecule has 1 aromatic heterocycles. The topological polar surface area (TPSA) is 56.0 Å². The summed E-state index contributed by atoms with van der Waals surface area (Å²) in [6, 6.07) is 7.36. The molecule has 1 aromatic carbocycles. The number of halogens is 1. The second kappa shape index (κ2) is 5.42. The van der Waals surface area contributed by atoms with Crippen molar-refractivity contribution in [3.8, 4) is 0 Å². The molecule has 90 valence electrons. The highest BCUT2D eigenvalue weighted by molar-refractivity contribution is 7.83. The average Bonchev–Trinajstić information content (AvgIpc) is 2.67. The van der Waals surface area contributed by atoms with E-state index in [-0.39, 0.29) is 5.75 Å². The van der Waals surface area contributed by atoms with Crippen molar-refractivity contribution in [3.63, 3.8) is 0 Å². The normalized spacial score (nSPS) is 12.6. The number of benzene rings is 1. The molecule has 1 heterocycles. The first-order valence-electron chi connectivity index (χ1n) is 5.02. The van der Waals surface area contributed by atoms with Crippen LogP contribution < -0.4 is 0 Å². The maximum Gasteiger partial charge on any atom is 0.223 e. The van der Waals surface area contributed by atoms with Crippen molar-refractivity contribution in [1.82, 2.24) is 10.1 Å². The van der Waals surface area contributed by atoms with Crippen LogP contribution in [0, 0.1) is 6.92 Å². The monoisotopic (exact) mass is 270 g/mol. The summed E-state index contributed by atoms with van der Waals surface area (Å²) in [5.74, 6) is 1.62. The van der Waals surface area contributed by atoms with Crippen LogP contribution in [0.1, 0.15) is 17.3 Å². The van der Waals surface area contributed by atoms with Crippen LogP contribution in [0.15, 0.2) is 28.8 Å². The molecule has 0 aliphatic carbocycles. The molecule has 0 fully saturated rings. The van der Waals surface area contributed by atoms with Crippen molar-refractivity contribution in [1.29, 1.82) is 0 Å². The first-order valence-corrected chi connectivity index (χ1v) is 6.89. The lowest BCUT2D eigenvalue weighted by Gasteiger charge is -2.02. The number of hydrogen-bond acceptors (Lipinski definition) is 4. The van der Waals surface area contributed by atoms with Crippen molar-refractivity contribution >= 4 is 22.4 Å². The minimum Gasteiger partial charge on any atom is -0.340 e. The highest BCUT2D eigenvalue weighted by Gasteiger charge is 2.10. The lowest BCUT2D eigenvalue weighted by Crippen LogP contribution is -2.01. The molecule has 0 aliphatic rings. The number of aryl methyl sites for hydroxylation is 1. The lowest BCUT2D eigenvalue weighted by molar-refractivity contribution is 0.389. The van der Waals surface area contributed by atoms with Gasteiger partial charge in [0.1, 0.15) is 0 Å². The van der Waals surface area contributed by atoms with E-state index in [0.29, 0.717) is 22.5 Å². The SMILES string of the molecule is Cc1nc(C[S@](=O)Cc2ccccc2Cl)no1. The Bertz CT molecular complexity index is 542. The molecule has 2 aromatic rings. The highest BCUT2D eigenvalue weighted by Crippen LogP contribution is 2.17. The van der Waals surface area contributed by atoms with E-state index in [1.165, 1.54) is 0 Å². The molecule has 2 rings (SSSR count). The third kappa shape index (κ3) is 3.38. The Morgan fingerprint density at radius 3 is 2.76 bits per heavy atom. The molecule has 0 saturated carbocycles. The number of rotatable bonds is 4. The molecule has 0 amide bonds. The van der Waals surface area contributed by atoms with Crippen molar-refractivity contribution in [3.05, 3.63) is 46.6 Å². The molecule has 0 spiro atoms. The van der Waals surface area contributed by atoms with E-state index in [1.54, 1.807) is 13.0 Å². The fourth-order valence-corrected chi connectivity index (χ4v) is 2.77. The van der Waals surface area contributed by atoms with Gasteiger partial charge in [0, 0.05) is 22.7 Å². The van der Waals surface area contributed by atoms with E-state index in [0.717, 1.165) is 5.56 Å². The van der Waals surface area contributed by atoms with Crippen LogP contribution in [0.4, 0.5) is 0 Å². The van der Waals surface area contributed by atoms with E-state index >= 15 is 0 Å². The van der Waals surface area contributed by atoms with Gasteiger partial charge < -0.3 is 4.52 Å². The predicted octanol–water partition coefficient (Wildman–Crippen LogP) is 2.48. The summed E-state index contributed by atoms with van der Waals surface area (Å²) in [5.41, 5.74) is 0.868. The van der Waals surface area contributed by atoms with Gasteiger partial charge in [0.05, 0.1) is 11.5 Å². The van der Waals surface area contributed by atoms with Crippen LogP contribution >= 0.6 is 11.6 Å². The Morgan fingerprint density at radius 2 is 2.12 bits per heavy atom. The van der Waals surface area contributed by atoms with Crippen molar-refractivity contribution in [2.75, 3.05) is 0 Å². The summed E-state index contributed by atoms with van der Waals surface area (Å²) in [5, 5.41) is 4.34. The van der Waals surface area contributed by atoms with E-state index in [9.17, 15) is 4.21 Å². The Morgan fingerprint density at radius 1 is 1.35 bits per heavy atom. The minimum absolute atomic E-state index is 0.280. The predicted molar refractivity (Wildman–Crippen MR) is 66.0 cm³/mol. The second-order valence-electron chi connectivity index (χ2n) is 3.55. The number of nitrogens with zero attached hydrogens (tertiary/aromatic N) is 2. The van der Waals surface area contributed by atoms with Gasteiger partial charge in [-0.1, -0.05) is 35.0 Å². The molecule has 17 heavy (non-hydrogen) atoms. The van der Waals surface area contributed by atoms with Gasteiger partial charge >= 0.3 is 0 Å². The minimum atomic E-state index is -1.09. The largest absolute Gasteiger partial charge is 0.340 e. The molecule has 6 heteroatoms. The van der Waals surface area contributed by atoms with Crippen molar-refractivity contribution in [2.45, 2.75) is 18.4 Å². The van der Waals surface area contributed by atoms with Crippen LogP contribution in [-0.4, -0.2) is 14.3 Å². The first-order chi connectivity index (χ1) is 8.15. The van der Waals surface area contributed by atoms with Gasteiger partial charge in [0.25, 0.3) is 0 Å². The van der Waals surface area contributed by atoms with E-state index in [2.05, 4.69) is 10.1 Å². The molecule has 0 radical (unpaired) electrons. The molecule has 0 N–H and O–H groups in total. The van der Waals surface area contributed by atoms with Gasteiger partial charge in [0.2, 0.25) is 5.89 Å². The Hall–Kier alpha value is -1.20. The van der Waals surface area contributed by atoms with Crippen LogP contribution in [0.25, 0.3) is 0 Å². The third-order valence-electron chi connectivity index (χ3n) is 2.13. The van der Waals surface area contributed by atoms with Crippen LogP contribution in [0.3, 0.4) is 0 Å².